The quantitative estimate of drug-likeness (QED) is 0.298. The summed E-state index contributed by atoms with van der Waals surface area (Å²) in [6.45, 7) is 13.9. The van der Waals surface area contributed by atoms with Crippen molar-refractivity contribution in [1.29, 1.82) is 0 Å². The Morgan fingerprint density at radius 2 is 2.06 bits per heavy atom. The van der Waals surface area contributed by atoms with Crippen molar-refractivity contribution >= 4 is 5.97 Å². The van der Waals surface area contributed by atoms with Crippen molar-refractivity contribution in [2.45, 2.75) is 103 Å². The molecule has 0 amide bonds. The van der Waals surface area contributed by atoms with E-state index >= 15 is 0 Å². The molecular formula is C28H42O5. The third kappa shape index (κ3) is 5.70. The van der Waals surface area contributed by atoms with Crippen LogP contribution in [-0.4, -0.2) is 40.3 Å². The van der Waals surface area contributed by atoms with Gasteiger partial charge in [0.05, 0.1) is 6.10 Å². The Labute approximate surface area is 199 Å². The topological polar surface area (TPSA) is 76.0 Å². The number of aliphatic hydroxyl groups is 2. The van der Waals surface area contributed by atoms with Gasteiger partial charge in [0, 0.05) is 12.8 Å². The maximum Gasteiger partial charge on any atom is 0.332 e. The van der Waals surface area contributed by atoms with Crippen LogP contribution in [0.5, 0.6) is 0 Å². The minimum atomic E-state index is -1.63. The summed E-state index contributed by atoms with van der Waals surface area (Å²) in [5.74, 6) is -1.64. The van der Waals surface area contributed by atoms with Gasteiger partial charge in [-0.05, 0) is 74.9 Å². The molecule has 5 nitrogen and oxygen atoms in total. The molecule has 2 fully saturated rings. The molecule has 184 valence electrons. The van der Waals surface area contributed by atoms with Gasteiger partial charge >= 0.3 is 5.97 Å². The Morgan fingerprint density at radius 1 is 1.33 bits per heavy atom. The zero-order chi connectivity index (χ0) is 24.4. The molecule has 0 bridgehead atoms. The fourth-order valence-corrected chi connectivity index (χ4v) is 5.66. The van der Waals surface area contributed by atoms with Crippen LogP contribution in [0.25, 0.3) is 0 Å². The van der Waals surface area contributed by atoms with Gasteiger partial charge in [0.25, 0.3) is 0 Å². The standard InChI is InChI=1S/C28H42O5/c1-7-22-13-14-23-20(10-9-15-27(22,23)6)11-12-21-16-28(31,17-24(29)19(21)3)32-18-25(30)33-26(4,5)8-2/h11-13,23-24,29,31H,3,7-10,14-18H2,1-2,4-6H3/t23-,24-,27+,28-/m0/s1. The lowest BCUT2D eigenvalue weighted by Gasteiger charge is -2.41. The molecule has 5 heteroatoms. The molecule has 4 atom stereocenters. The van der Waals surface area contributed by atoms with Gasteiger partial charge in [-0.1, -0.05) is 56.7 Å². The number of ether oxygens (including phenoxy) is 2. The maximum atomic E-state index is 12.2. The first-order valence-corrected chi connectivity index (χ1v) is 12.5. The van der Waals surface area contributed by atoms with E-state index in [1.807, 2.05) is 26.8 Å². The second-order valence-electron chi connectivity index (χ2n) is 10.8. The molecule has 0 saturated heterocycles. The summed E-state index contributed by atoms with van der Waals surface area (Å²) in [6.07, 6.45) is 12.2. The highest BCUT2D eigenvalue weighted by Crippen LogP contribution is 2.55. The third-order valence-corrected chi connectivity index (χ3v) is 8.09. The summed E-state index contributed by atoms with van der Waals surface area (Å²) in [5, 5.41) is 21.6. The van der Waals surface area contributed by atoms with E-state index in [2.05, 4.69) is 32.6 Å². The summed E-state index contributed by atoms with van der Waals surface area (Å²) in [6, 6.07) is 0. The lowest BCUT2D eigenvalue weighted by molar-refractivity contribution is -0.228. The van der Waals surface area contributed by atoms with Gasteiger partial charge in [-0.25, -0.2) is 4.79 Å². The molecule has 0 aromatic carbocycles. The van der Waals surface area contributed by atoms with Crippen LogP contribution >= 0.6 is 0 Å². The number of aliphatic hydroxyl groups excluding tert-OH is 1. The minimum Gasteiger partial charge on any atom is -0.458 e. The van der Waals surface area contributed by atoms with Crippen LogP contribution in [0.15, 0.2) is 47.1 Å². The van der Waals surface area contributed by atoms with Crippen molar-refractivity contribution in [2.75, 3.05) is 6.61 Å². The zero-order valence-electron chi connectivity index (χ0n) is 21.1. The lowest BCUT2D eigenvalue weighted by atomic mass is 9.64. The van der Waals surface area contributed by atoms with Crippen LogP contribution in [0.3, 0.4) is 0 Å². The van der Waals surface area contributed by atoms with Crippen molar-refractivity contribution in [3.05, 3.63) is 47.1 Å². The van der Waals surface area contributed by atoms with Crippen molar-refractivity contribution in [2.24, 2.45) is 11.3 Å². The van der Waals surface area contributed by atoms with Crippen LogP contribution in [-0.2, 0) is 14.3 Å². The summed E-state index contributed by atoms with van der Waals surface area (Å²) in [5.41, 5.74) is 4.04. The largest absolute Gasteiger partial charge is 0.458 e. The normalized spacial score (nSPS) is 35.0. The molecule has 3 aliphatic carbocycles. The molecule has 0 radical (unpaired) electrons. The molecule has 0 aromatic heterocycles. The fourth-order valence-electron chi connectivity index (χ4n) is 5.66. The highest BCUT2D eigenvalue weighted by molar-refractivity contribution is 5.71. The Balaban J connectivity index is 1.72. The van der Waals surface area contributed by atoms with Gasteiger partial charge < -0.3 is 19.7 Å². The summed E-state index contributed by atoms with van der Waals surface area (Å²) < 4.78 is 11.0. The highest BCUT2D eigenvalue weighted by Gasteiger charge is 2.44. The number of carbonyl (C=O) groups is 1. The smallest absolute Gasteiger partial charge is 0.332 e. The van der Waals surface area contributed by atoms with Crippen LogP contribution in [0.2, 0.25) is 0 Å². The Hall–Kier alpha value is -1.69. The molecule has 3 rings (SSSR count). The van der Waals surface area contributed by atoms with Gasteiger partial charge in [0.15, 0.2) is 5.79 Å². The average Bonchev–Trinajstić information content (AvgIpc) is 3.10. The van der Waals surface area contributed by atoms with E-state index in [0.29, 0.717) is 17.9 Å². The first-order valence-electron chi connectivity index (χ1n) is 12.5. The van der Waals surface area contributed by atoms with E-state index in [9.17, 15) is 15.0 Å². The monoisotopic (exact) mass is 458 g/mol. The highest BCUT2D eigenvalue weighted by atomic mass is 16.6. The van der Waals surface area contributed by atoms with Crippen LogP contribution in [0.1, 0.15) is 86.0 Å². The van der Waals surface area contributed by atoms with Crippen molar-refractivity contribution in [3.8, 4) is 0 Å². The molecule has 2 saturated carbocycles. The second kappa shape index (κ2) is 9.89. The van der Waals surface area contributed by atoms with Gasteiger partial charge in [0.2, 0.25) is 0 Å². The number of carbonyl (C=O) groups excluding carboxylic acids is 1. The summed E-state index contributed by atoms with van der Waals surface area (Å²) >= 11 is 0. The van der Waals surface area contributed by atoms with Crippen LogP contribution < -0.4 is 0 Å². The van der Waals surface area contributed by atoms with Crippen molar-refractivity contribution < 1.29 is 24.5 Å². The van der Waals surface area contributed by atoms with Gasteiger partial charge in [-0.3, -0.25) is 0 Å². The fraction of sp³-hybridized carbons (Fsp3) is 0.679. The number of rotatable bonds is 7. The first kappa shape index (κ1) is 25.9. The minimum absolute atomic E-state index is 0.0192. The van der Waals surface area contributed by atoms with E-state index in [1.165, 1.54) is 18.4 Å². The number of hydrogen-bond donors (Lipinski definition) is 2. The molecule has 0 heterocycles. The molecule has 3 aliphatic rings. The molecule has 0 aromatic rings. The molecule has 0 spiro atoms. The summed E-state index contributed by atoms with van der Waals surface area (Å²) in [4.78, 5) is 12.2. The first-order chi connectivity index (χ1) is 15.4. The zero-order valence-corrected chi connectivity index (χ0v) is 21.1. The molecule has 2 N–H and O–H groups in total. The lowest BCUT2D eigenvalue weighted by Crippen LogP contribution is -2.43. The Morgan fingerprint density at radius 3 is 2.73 bits per heavy atom. The van der Waals surface area contributed by atoms with Crippen molar-refractivity contribution in [1.82, 2.24) is 0 Å². The molecule has 0 unspecified atom stereocenters. The van der Waals surface area contributed by atoms with Gasteiger partial charge in [-0.2, -0.15) is 0 Å². The molecular weight excluding hydrogens is 416 g/mol. The van der Waals surface area contributed by atoms with Gasteiger partial charge in [-0.15, -0.1) is 0 Å². The molecule has 0 aliphatic heterocycles. The van der Waals surface area contributed by atoms with E-state index in [-0.39, 0.29) is 24.9 Å². The van der Waals surface area contributed by atoms with E-state index in [4.69, 9.17) is 9.47 Å². The van der Waals surface area contributed by atoms with E-state index in [1.54, 1.807) is 5.57 Å². The Kier molecular flexibility index (Phi) is 7.77. The van der Waals surface area contributed by atoms with Crippen LogP contribution in [0.4, 0.5) is 0 Å². The van der Waals surface area contributed by atoms with E-state index < -0.39 is 23.5 Å². The number of esters is 1. The number of hydrogen-bond acceptors (Lipinski definition) is 5. The maximum absolute atomic E-state index is 12.2. The average molecular weight is 459 g/mol. The Bertz CT molecular complexity index is 864. The van der Waals surface area contributed by atoms with Crippen LogP contribution in [0, 0.1) is 11.3 Å². The molecule has 33 heavy (non-hydrogen) atoms. The number of allylic oxidation sites excluding steroid dienone is 5. The van der Waals surface area contributed by atoms with Gasteiger partial charge in [0.1, 0.15) is 12.2 Å². The summed E-state index contributed by atoms with van der Waals surface area (Å²) in [7, 11) is 0. The third-order valence-electron chi connectivity index (χ3n) is 8.09. The number of fused-ring (bicyclic) bond motifs is 1. The predicted molar refractivity (Wildman–Crippen MR) is 130 cm³/mol. The predicted octanol–water partition coefficient (Wildman–Crippen LogP) is 5.53. The second-order valence-corrected chi connectivity index (χ2v) is 10.8. The van der Waals surface area contributed by atoms with Crippen molar-refractivity contribution in [3.63, 3.8) is 0 Å². The SMILES string of the molecule is C=C1C(=CC=C2CCC[C@]3(C)C(CC)=CC[C@@H]23)C[C@](O)(OCC(=O)OC(C)(C)CC)C[C@@H]1O. The van der Waals surface area contributed by atoms with E-state index in [0.717, 1.165) is 24.8 Å².